The SMILES string of the molecule is O=C(NCc1ccc(Cl)cc1Cl)C1CCCN(c2cc(-n3cncn3)ncn2)C1. The molecule has 0 aliphatic carbocycles. The predicted molar refractivity (Wildman–Crippen MR) is 110 cm³/mol. The molecule has 1 unspecified atom stereocenters. The molecule has 2 aromatic heterocycles. The average molecular weight is 432 g/mol. The summed E-state index contributed by atoms with van der Waals surface area (Å²) >= 11 is 12.1. The first-order valence-corrected chi connectivity index (χ1v) is 9.99. The maximum atomic E-state index is 12.7. The van der Waals surface area contributed by atoms with Gasteiger partial charge in [0.15, 0.2) is 5.82 Å². The standard InChI is InChI=1S/C19H19Cl2N7O/c20-15-4-3-13(16(21)6-15)8-23-19(29)14-2-1-5-27(9-14)17-7-18(25-11-24-17)28-12-22-10-26-28/h3-4,6-7,10-12,14H,1-2,5,8-9H2,(H,23,29). The van der Waals surface area contributed by atoms with Crippen LogP contribution in [0.3, 0.4) is 0 Å². The molecule has 1 aromatic carbocycles. The van der Waals surface area contributed by atoms with Crippen LogP contribution in [0.5, 0.6) is 0 Å². The minimum absolute atomic E-state index is 0.00581. The molecule has 150 valence electrons. The zero-order valence-electron chi connectivity index (χ0n) is 15.5. The minimum atomic E-state index is -0.125. The number of rotatable bonds is 5. The summed E-state index contributed by atoms with van der Waals surface area (Å²) in [5.41, 5.74) is 0.838. The van der Waals surface area contributed by atoms with Gasteiger partial charge in [0.05, 0.1) is 5.92 Å². The monoisotopic (exact) mass is 431 g/mol. The lowest BCUT2D eigenvalue weighted by Gasteiger charge is -2.32. The molecule has 4 rings (SSSR count). The van der Waals surface area contributed by atoms with Crippen LogP contribution in [-0.4, -0.2) is 43.7 Å². The van der Waals surface area contributed by atoms with E-state index in [-0.39, 0.29) is 11.8 Å². The number of nitrogens with zero attached hydrogens (tertiary/aromatic N) is 6. The molecule has 8 nitrogen and oxygen atoms in total. The Kier molecular flexibility index (Phi) is 5.92. The highest BCUT2D eigenvalue weighted by Gasteiger charge is 2.26. The minimum Gasteiger partial charge on any atom is -0.356 e. The van der Waals surface area contributed by atoms with E-state index < -0.39 is 0 Å². The number of hydrogen-bond acceptors (Lipinski definition) is 6. The molecule has 1 aliphatic heterocycles. The summed E-state index contributed by atoms with van der Waals surface area (Å²) in [5, 5.41) is 8.20. The van der Waals surface area contributed by atoms with Gasteiger partial charge >= 0.3 is 0 Å². The van der Waals surface area contributed by atoms with E-state index >= 15 is 0 Å². The Bertz CT molecular complexity index is 996. The van der Waals surface area contributed by atoms with Crippen molar-refractivity contribution in [2.75, 3.05) is 18.0 Å². The van der Waals surface area contributed by atoms with Crippen molar-refractivity contribution in [2.24, 2.45) is 5.92 Å². The molecular formula is C19H19Cl2N7O. The summed E-state index contributed by atoms with van der Waals surface area (Å²) in [6, 6.07) is 7.11. The smallest absolute Gasteiger partial charge is 0.225 e. The second kappa shape index (κ2) is 8.75. The van der Waals surface area contributed by atoms with Crippen molar-refractivity contribution < 1.29 is 4.79 Å². The van der Waals surface area contributed by atoms with Crippen LogP contribution in [0.25, 0.3) is 5.82 Å². The Morgan fingerprint density at radius 1 is 1.17 bits per heavy atom. The van der Waals surface area contributed by atoms with Gasteiger partial charge in [-0.1, -0.05) is 29.3 Å². The molecule has 1 aliphatic rings. The van der Waals surface area contributed by atoms with Gasteiger partial charge in [-0.2, -0.15) is 5.10 Å². The predicted octanol–water partition coefficient (Wildman–Crippen LogP) is 2.90. The van der Waals surface area contributed by atoms with Gasteiger partial charge in [-0.15, -0.1) is 0 Å². The van der Waals surface area contributed by atoms with Crippen LogP contribution in [0.4, 0.5) is 5.82 Å². The van der Waals surface area contributed by atoms with Crippen LogP contribution in [-0.2, 0) is 11.3 Å². The quantitative estimate of drug-likeness (QED) is 0.667. The molecule has 1 fully saturated rings. The van der Waals surface area contributed by atoms with Crippen LogP contribution >= 0.6 is 23.2 Å². The Balaban J connectivity index is 1.40. The van der Waals surface area contributed by atoms with Crippen molar-refractivity contribution in [1.29, 1.82) is 0 Å². The summed E-state index contributed by atoms with van der Waals surface area (Å²) in [6.07, 6.45) is 6.27. The lowest BCUT2D eigenvalue weighted by molar-refractivity contribution is -0.125. The fourth-order valence-corrected chi connectivity index (χ4v) is 3.83. The molecule has 0 saturated carbocycles. The van der Waals surface area contributed by atoms with Gasteiger partial charge < -0.3 is 10.2 Å². The summed E-state index contributed by atoms with van der Waals surface area (Å²) < 4.78 is 1.58. The molecule has 1 saturated heterocycles. The molecule has 1 amide bonds. The summed E-state index contributed by atoms with van der Waals surface area (Å²) in [6.45, 7) is 1.80. The summed E-state index contributed by atoms with van der Waals surface area (Å²) in [7, 11) is 0. The largest absolute Gasteiger partial charge is 0.356 e. The Labute approximate surface area is 177 Å². The second-order valence-electron chi connectivity index (χ2n) is 6.81. The van der Waals surface area contributed by atoms with E-state index in [1.54, 1.807) is 23.1 Å². The summed E-state index contributed by atoms with van der Waals surface area (Å²) in [4.78, 5) is 27.4. The molecule has 1 atom stereocenters. The van der Waals surface area contributed by atoms with E-state index in [1.165, 1.54) is 12.7 Å². The number of nitrogens with one attached hydrogen (secondary N) is 1. The molecule has 3 heterocycles. The van der Waals surface area contributed by atoms with Crippen LogP contribution in [0, 0.1) is 5.92 Å². The van der Waals surface area contributed by atoms with Crippen molar-refractivity contribution in [1.82, 2.24) is 30.0 Å². The zero-order chi connectivity index (χ0) is 20.2. The molecule has 0 spiro atoms. The van der Waals surface area contributed by atoms with Crippen LogP contribution in [0.15, 0.2) is 43.2 Å². The third-order valence-electron chi connectivity index (χ3n) is 4.88. The lowest BCUT2D eigenvalue weighted by atomic mass is 9.97. The fraction of sp³-hybridized carbons (Fsp3) is 0.316. The number of amides is 1. The highest BCUT2D eigenvalue weighted by atomic mass is 35.5. The lowest BCUT2D eigenvalue weighted by Crippen LogP contribution is -2.43. The number of carbonyl (C=O) groups excluding carboxylic acids is 1. The van der Waals surface area contributed by atoms with Crippen molar-refractivity contribution in [3.05, 3.63) is 58.9 Å². The fourth-order valence-electron chi connectivity index (χ4n) is 3.35. The molecule has 29 heavy (non-hydrogen) atoms. The first-order chi connectivity index (χ1) is 14.1. The third-order valence-corrected chi connectivity index (χ3v) is 5.46. The highest BCUT2D eigenvalue weighted by Crippen LogP contribution is 2.24. The topological polar surface area (TPSA) is 88.8 Å². The zero-order valence-corrected chi connectivity index (χ0v) is 17.0. The second-order valence-corrected chi connectivity index (χ2v) is 7.66. The number of benzene rings is 1. The van der Waals surface area contributed by atoms with Crippen LogP contribution < -0.4 is 10.2 Å². The van der Waals surface area contributed by atoms with Gasteiger partial charge in [0.1, 0.15) is 24.8 Å². The van der Waals surface area contributed by atoms with E-state index in [4.69, 9.17) is 23.2 Å². The van der Waals surface area contributed by atoms with E-state index in [2.05, 4.69) is 30.3 Å². The third kappa shape index (κ3) is 4.65. The molecule has 1 N–H and O–H groups in total. The Morgan fingerprint density at radius 2 is 2.03 bits per heavy atom. The molecule has 0 bridgehead atoms. The maximum Gasteiger partial charge on any atom is 0.225 e. The highest BCUT2D eigenvalue weighted by molar-refractivity contribution is 6.35. The number of piperidine rings is 1. The average Bonchev–Trinajstić information content (AvgIpc) is 3.28. The van der Waals surface area contributed by atoms with Gasteiger partial charge in [-0.3, -0.25) is 4.79 Å². The Morgan fingerprint density at radius 3 is 2.83 bits per heavy atom. The first-order valence-electron chi connectivity index (χ1n) is 9.24. The van der Waals surface area contributed by atoms with E-state index in [0.29, 0.717) is 29.0 Å². The van der Waals surface area contributed by atoms with Crippen molar-refractivity contribution in [2.45, 2.75) is 19.4 Å². The number of aromatic nitrogens is 5. The van der Waals surface area contributed by atoms with Crippen molar-refractivity contribution in [3.63, 3.8) is 0 Å². The van der Waals surface area contributed by atoms with Gasteiger partial charge in [0.2, 0.25) is 5.91 Å². The van der Waals surface area contributed by atoms with Gasteiger partial charge in [-0.25, -0.2) is 19.6 Å². The molecule has 0 radical (unpaired) electrons. The van der Waals surface area contributed by atoms with Gasteiger partial charge in [0, 0.05) is 35.7 Å². The van der Waals surface area contributed by atoms with Crippen molar-refractivity contribution in [3.8, 4) is 5.82 Å². The molecule has 10 heteroatoms. The van der Waals surface area contributed by atoms with Crippen LogP contribution in [0.2, 0.25) is 10.0 Å². The normalized spacial score (nSPS) is 16.6. The molecular weight excluding hydrogens is 413 g/mol. The number of halogens is 2. The maximum absolute atomic E-state index is 12.7. The Hall–Kier alpha value is -2.71. The van der Waals surface area contributed by atoms with E-state index in [1.807, 2.05) is 12.1 Å². The number of anilines is 1. The number of hydrogen-bond donors (Lipinski definition) is 1. The van der Waals surface area contributed by atoms with Gasteiger partial charge in [-0.05, 0) is 30.5 Å². The van der Waals surface area contributed by atoms with E-state index in [9.17, 15) is 4.79 Å². The number of carbonyl (C=O) groups is 1. The van der Waals surface area contributed by atoms with Crippen LogP contribution in [0.1, 0.15) is 18.4 Å². The van der Waals surface area contributed by atoms with Crippen molar-refractivity contribution >= 4 is 34.9 Å². The molecule has 3 aromatic rings. The first kappa shape index (κ1) is 19.6. The summed E-state index contributed by atoms with van der Waals surface area (Å²) in [5.74, 6) is 1.28. The van der Waals surface area contributed by atoms with Gasteiger partial charge in [0.25, 0.3) is 0 Å². The van der Waals surface area contributed by atoms with E-state index in [0.717, 1.165) is 30.8 Å².